The SMILES string of the molecule is CNCc1nc(-c2cnn(C)c2)cs1.Cl. The van der Waals surface area contributed by atoms with Gasteiger partial charge in [0.05, 0.1) is 11.9 Å². The van der Waals surface area contributed by atoms with E-state index in [9.17, 15) is 0 Å². The highest BCUT2D eigenvalue weighted by Gasteiger charge is 2.05. The molecule has 0 radical (unpaired) electrons. The zero-order valence-corrected chi connectivity index (χ0v) is 10.2. The monoisotopic (exact) mass is 244 g/mol. The molecular formula is C9H13ClN4S. The van der Waals surface area contributed by atoms with E-state index < -0.39 is 0 Å². The van der Waals surface area contributed by atoms with Crippen LogP contribution in [0.3, 0.4) is 0 Å². The summed E-state index contributed by atoms with van der Waals surface area (Å²) in [7, 11) is 3.83. The predicted molar refractivity (Wildman–Crippen MR) is 64.3 cm³/mol. The van der Waals surface area contributed by atoms with Gasteiger partial charge in [-0.3, -0.25) is 4.68 Å². The van der Waals surface area contributed by atoms with E-state index in [1.165, 1.54) is 0 Å². The zero-order chi connectivity index (χ0) is 9.97. The van der Waals surface area contributed by atoms with Crippen molar-refractivity contribution in [3.05, 3.63) is 22.8 Å². The molecule has 1 N–H and O–H groups in total. The molecule has 2 heterocycles. The molecule has 0 aliphatic rings. The maximum Gasteiger partial charge on any atom is 0.107 e. The smallest absolute Gasteiger partial charge is 0.107 e. The molecule has 0 atom stereocenters. The van der Waals surface area contributed by atoms with Crippen molar-refractivity contribution in [2.45, 2.75) is 6.54 Å². The second kappa shape index (κ2) is 5.25. The van der Waals surface area contributed by atoms with Crippen LogP contribution in [0.25, 0.3) is 11.3 Å². The molecule has 82 valence electrons. The highest BCUT2D eigenvalue weighted by atomic mass is 35.5. The van der Waals surface area contributed by atoms with E-state index in [4.69, 9.17) is 0 Å². The summed E-state index contributed by atoms with van der Waals surface area (Å²) in [6, 6.07) is 0. The van der Waals surface area contributed by atoms with E-state index in [-0.39, 0.29) is 12.4 Å². The summed E-state index contributed by atoms with van der Waals surface area (Å²) >= 11 is 1.67. The third-order valence-electron chi connectivity index (χ3n) is 1.88. The summed E-state index contributed by atoms with van der Waals surface area (Å²) in [6.07, 6.45) is 3.80. The van der Waals surface area contributed by atoms with Gasteiger partial charge in [-0.05, 0) is 7.05 Å². The molecular weight excluding hydrogens is 232 g/mol. The summed E-state index contributed by atoms with van der Waals surface area (Å²) < 4.78 is 1.78. The molecule has 0 fully saturated rings. The van der Waals surface area contributed by atoms with Crippen LogP contribution in [0.5, 0.6) is 0 Å². The molecule has 0 amide bonds. The van der Waals surface area contributed by atoms with Crippen LogP contribution in [0.2, 0.25) is 0 Å². The Balaban J connectivity index is 0.00000112. The summed E-state index contributed by atoms with van der Waals surface area (Å²) in [5.41, 5.74) is 2.08. The molecule has 0 aromatic carbocycles. The molecule has 4 nitrogen and oxygen atoms in total. The van der Waals surface area contributed by atoms with Gasteiger partial charge in [0.2, 0.25) is 0 Å². The number of hydrogen-bond acceptors (Lipinski definition) is 4. The van der Waals surface area contributed by atoms with Crippen LogP contribution in [0, 0.1) is 0 Å². The molecule has 0 saturated carbocycles. The highest BCUT2D eigenvalue weighted by molar-refractivity contribution is 7.09. The van der Waals surface area contributed by atoms with Crippen molar-refractivity contribution < 1.29 is 0 Å². The molecule has 0 aliphatic carbocycles. The van der Waals surface area contributed by atoms with Gasteiger partial charge in [-0.2, -0.15) is 5.10 Å². The van der Waals surface area contributed by atoms with Crippen LogP contribution in [0.4, 0.5) is 0 Å². The largest absolute Gasteiger partial charge is 0.314 e. The van der Waals surface area contributed by atoms with Gasteiger partial charge in [0.15, 0.2) is 0 Å². The number of nitrogens with one attached hydrogen (secondary N) is 1. The standard InChI is InChI=1S/C9H12N4S.ClH/c1-10-4-9-12-8(6-14-9)7-3-11-13(2)5-7;/h3,5-6,10H,4H2,1-2H3;1H. The van der Waals surface area contributed by atoms with Crippen LogP contribution >= 0.6 is 23.7 Å². The summed E-state index contributed by atoms with van der Waals surface area (Å²) in [5, 5.41) is 10.4. The van der Waals surface area contributed by atoms with Crippen molar-refractivity contribution >= 4 is 23.7 Å². The second-order valence-electron chi connectivity index (χ2n) is 3.06. The lowest BCUT2D eigenvalue weighted by Gasteiger charge is -1.90. The summed E-state index contributed by atoms with van der Waals surface area (Å²) in [5.74, 6) is 0. The number of hydrogen-bond donors (Lipinski definition) is 1. The fraction of sp³-hybridized carbons (Fsp3) is 0.333. The fourth-order valence-corrected chi connectivity index (χ4v) is 2.04. The van der Waals surface area contributed by atoms with Crippen molar-refractivity contribution in [2.24, 2.45) is 7.05 Å². The topological polar surface area (TPSA) is 42.7 Å². The number of nitrogens with zero attached hydrogens (tertiary/aromatic N) is 3. The lowest BCUT2D eigenvalue weighted by atomic mass is 10.3. The van der Waals surface area contributed by atoms with Crippen molar-refractivity contribution in [3.8, 4) is 11.3 Å². The first kappa shape index (κ1) is 12.2. The minimum atomic E-state index is 0. The van der Waals surface area contributed by atoms with Gasteiger partial charge in [0.1, 0.15) is 5.01 Å². The fourth-order valence-electron chi connectivity index (χ4n) is 1.23. The highest BCUT2D eigenvalue weighted by Crippen LogP contribution is 2.20. The number of thiazole rings is 1. The normalized spacial score (nSPS) is 10.0. The number of rotatable bonds is 3. The Hall–Kier alpha value is -0.910. The van der Waals surface area contributed by atoms with Crippen LogP contribution in [0.1, 0.15) is 5.01 Å². The van der Waals surface area contributed by atoms with E-state index in [1.807, 2.05) is 26.5 Å². The number of aromatic nitrogens is 3. The molecule has 2 aromatic rings. The van der Waals surface area contributed by atoms with Gasteiger partial charge in [0.25, 0.3) is 0 Å². The molecule has 2 aromatic heterocycles. The molecule has 0 saturated heterocycles. The van der Waals surface area contributed by atoms with E-state index in [0.29, 0.717) is 0 Å². The van der Waals surface area contributed by atoms with Crippen LogP contribution in [-0.4, -0.2) is 21.8 Å². The molecule has 15 heavy (non-hydrogen) atoms. The third-order valence-corrected chi connectivity index (χ3v) is 2.73. The molecule has 0 bridgehead atoms. The third kappa shape index (κ3) is 2.77. The van der Waals surface area contributed by atoms with Gasteiger partial charge in [-0.15, -0.1) is 23.7 Å². The summed E-state index contributed by atoms with van der Waals surface area (Å²) in [4.78, 5) is 4.49. The molecule has 6 heteroatoms. The maximum atomic E-state index is 4.49. The molecule has 2 rings (SSSR count). The quantitative estimate of drug-likeness (QED) is 0.894. The zero-order valence-electron chi connectivity index (χ0n) is 8.60. The van der Waals surface area contributed by atoms with Crippen molar-refractivity contribution in [3.63, 3.8) is 0 Å². The number of halogens is 1. The Morgan fingerprint density at radius 3 is 2.93 bits per heavy atom. The minimum absolute atomic E-state index is 0. The first-order valence-corrected chi connectivity index (χ1v) is 5.25. The average Bonchev–Trinajstić information content (AvgIpc) is 2.74. The Kier molecular flexibility index (Phi) is 4.26. The van der Waals surface area contributed by atoms with E-state index in [0.717, 1.165) is 22.8 Å². The van der Waals surface area contributed by atoms with Crippen LogP contribution in [0.15, 0.2) is 17.8 Å². The predicted octanol–water partition coefficient (Wildman–Crippen LogP) is 1.68. The number of aryl methyl sites for hydroxylation is 1. The van der Waals surface area contributed by atoms with Crippen molar-refractivity contribution in [1.82, 2.24) is 20.1 Å². The van der Waals surface area contributed by atoms with Crippen LogP contribution < -0.4 is 5.32 Å². The van der Waals surface area contributed by atoms with Crippen LogP contribution in [-0.2, 0) is 13.6 Å². The molecule has 0 aliphatic heterocycles. The summed E-state index contributed by atoms with van der Waals surface area (Å²) in [6.45, 7) is 0.824. The van der Waals surface area contributed by atoms with Crippen molar-refractivity contribution in [2.75, 3.05) is 7.05 Å². The Labute approximate surface area is 98.8 Å². The Morgan fingerprint density at radius 2 is 2.33 bits per heavy atom. The second-order valence-corrected chi connectivity index (χ2v) is 4.00. The van der Waals surface area contributed by atoms with Gasteiger partial charge in [-0.25, -0.2) is 4.98 Å². The maximum absolute atomic E-state index is 4.49. The van der Waals surface area contributed by atoms with Gasteiger partial charge in [-0.1, -0.05) is 0 Å². The molecule has 0 unspecified atom stereocenters. The van der Waals surface area contributed by atoms with E-state index in [1.54, 1.807) is 16.0 Å². The minimum Gasteiger partial charge on any atom is -0.314 e. The van der Waals surface area contributed by atoms with E-state index in [2.05, 4.69) is 20.8 Å². The average molecular weight is 245 g/mol. The lowest BCUT2D eigenvalue weighted by molar-refractivity contribution is 0.768. The van der Waals surface area contributed by atoms with Crippen molar-refractivity contribution in [1.29, 1.82) is 0 Å². The van der Waals surface area contributed by atoms with E-state index >= 15 is 0 Å². The molecule has 0 spiro atoms. The first-order valence-electron chi connectivity index (χ1n) is 4.37. The Morgan fingerprint density at radius 1 is 1.53 bits per heavy atom. The lowest BCUT2D eigenvalue weighted by Crippen LogP contribution is -2.04. The Bertz CT molecular complexity index is 423. The van der Waals surface area contributed by atoms with Gasteiger partial charge < -0.3 is 5.32 Å². The van der Waals surface area contributed by atoms with Gasteiger partial charge >= 0.3 is 0 Å². The van der Waals surface area contributed by atoms with Gasteiger partial charge in [0, 0.05) is 30.7 Å². The first-order chi connectivity index (χ1) is 6.79.